The highest BCUT2D eigenvalue weighted by Crippen LogP contribution is 2.57. The standard InChI is InChI=1S/C10H7Cl2F3/c11-5-1-2-6(9(12)3-5)7-4-8(7)10(13,14)15/h1-3,7-8H,4H2. The number of hydrogen-bond donors (Lipinski definition) is 0. The van der Waals surface area contributed by atoms with Crippen molar-refractivity contribution in [3.05, 3.63) is 33.8 Å². The molecule has 0 nitrogen and oxygen atoms in total. The van der Waals surface area contributed by atoms with E-state index in [1.165, 1.54) is 6.07 Å². The Bertz CT molecular complexity index is 387. The first-order valence-corrected chi connectivity index (χ1v) is 5.17. The zero-order valence-electron chi connectivity index (χ0n) is 7.48. The molecular weight excluding hydrogens is 248 g/mol. The van der Waals surface area contributed by atoms with Gasteiger partial charge in [-0.25, -0.2) is 0 Å². The molecule has 1 fully saturated rings. The van der Waals surface area contributed by atoms with Crippen molar-refractivity contribution in [1.29, 1.82) is 0 Å². The van der Waals surface area contributed by atoms with E-state index >= 15 is 0 Å². The molecule has 0 N–H and O–H groups in total. The van der Waals surface area contributed by atoms with Crippen molar-refractivity contribution in [3.8, 4) is 0 Å². The van der Waals surface area contributed by atoms with Gasteiger partial charge in [-0.05, 0) is 30.0 Å². The van der Waals surface area contributed by atoms with Crippen LogP contribution < -0.4 is 0 Å². The third kappa shape index (κ3) is 2.23. The van der Waals surface area contributed by atoms with E-state index in [1.807, 2.05) is 0 Å². The van der Waals surface area contributed by atoms with Gasteiger partial charge in [-0.1, -0.05) is 29.3 Å². The Morgan fingerprint density at radius 3 is 2.33 bits per heavy atom. The molecule has 1 aromatic rings. The Kier molecular flexibility index (Phi) is 2.63. The van der Waals surface area contributed by atoms with E-state index in [2.05, 4.69) is 0 Å². The molecule has 2 unspecified atom stereocenters. The summed E-state index contributed by atoms with van der Waals surface area (Å²) >= 11 is 11.5. The SMILES string of the molecule is FC(F)(F)C1CC1c1ccc(Cl)cc1Cl. The maximum absolute atomic E-state index is 12.3. The van der Waals surface area contributed by atoms with Crippen molar-refractivity contribution in [2.75, 3.05) is 0 Å². The monoisotopic (exact) mass is 254 g/mol. The van der Waals surface area contributed by atoms with E-state index < -0.39 is 18.0 Å². The fraction of sp³-hybridized carbons (Fsp3) is 0.400. The van der Waals surface area contributed by atoms with E-state index in [1.54, 1.807) is 12.1 Å². The Labute approximate surface area is 95.0 Å². The lowest BCUT2D eigenvalue weighted by atomic mass is 10.1. The highest BCUT2D eigenvalue weighted by molar-refractivity contribution is 6.35. The quantitative estimate of drug-likeness (QED) is 0.684. The van der Waals surface area contributed by atoms with Crippen LogP contribution in [0.3, 0.4) is 0 Å². The van der Waals surface area contributed by atoms with Crippen LogP contribution >= 0.6 is 23.2 Å². The Balaban J connectivity index is 2.20. The summed E-state index contributed by atoms with van der Waals surface area (Å²) < 4.78 is 37.0. The van der Waals surface area contributed by atoms with Crippen LogP contribution in [-0.4, -0.2) is 6.18 Å². The zero-order valence-corrected chi connectivity index (χ0v) is 9.00. The van der Waals surface area contributed by atoms with E-state index in [-0.39, 0.29) is 6.42 Å². The fourth-order valence-corrected chi connectivity index (χ4v) is 2.25. The molecule has 5 heteroatoms. The average Bonchev–Trinajstić information content (AvgIpc) is 2.82. The van der Waals surface area contributed by atoms with E-state index in [0.717, 1.165) is 0 Å². The molecule has 15 heavy (non-hydrogen) atoms. The molecule has 0 heterocycles. The topological polar surface area (TPSA) is 0 Å². The molecule has 2 atom stereocenters. The van der Waals surface area contributed by atoms with Crippen molar-refractivity contribution in [2.24, 2.45) is 5.92 Å². The Hall–Kier alpha value is -0.410. The van der Waals surface area contributed by atoms with Gasteiger partial charge in [0.2, 0.25) is 0 Å². The van der Waals surface area contributed by atoms with Crippen LogP contribution in [0.1, 0.15) is 17.9 Å². The summed E-state index contributed by atoms with van der Waals surface area (Å²) in [6.07, 6.45) is -3.99. The van der Waals surface area contributed by atoms with Crippen LogP contribution in [0, 0.1) is 5.92 Å². The minimum Gasteiger partial charge on any atom is -0.171 e. The van der Waals surface area contributed by atoms with Crippen LogP contribution in [0.25, 0.3) is 0 Å². The highest BCUT2D eigenvalue weighted by Gasteiger charge is 2.56. The largest absolute Gasteiger partial charge is 0.392 e. The third-order valence-electron chi connectivity index (χ3n) is 2.57. The van der Waals surface area contributed by atoms with Gasteiger partial charge < -0.3 is 0 Å². The number of benzene rings is 1. The lowest BCUT2D eigenvalue weighted by Crippen LogP contribution is -2.11. The van der Waals surface area contributed by atoms with Crippen molar-refractivity contribution in [3.63, 3.8) is 0 Å². The summed E-state index contributed by atoms with van der Waals surface area (Å²) in [7, 11) is 0. The second kappa shape index (κ2) is 3.56. The summed E-state index contributed by atoms with van der Waals surface area (Å²) in [6.45, 7) is 0. The Morgan fingerprint density at radius 2 is 1.87 bits per heavy atom. The van der Waals surface area contributed by atoms with Crippen LogP contribution in [0.4, 0.5) is 13.2 Å². The second-order valence-electron chi connectivity index (χ2n) is 3.66. The lowest BCUT2D eigenvalue weighted by Gasteiger charge is -2.06. The predicted octanol–water partition coefficient (Wildman–Crippen LogP) is 4.66. The van der Waals surface area contributed by atoms with Crippen LogP contribution in [0.2, 0.25) is 10.0 Å². The molecule has 0 aliphatic heterocycles. The summed E-state index contributed by atoms with van der Waals surface area (Å²) in [5.74, 6) is -1.73. The van der Waals surface area contributed by atoms with Crippen molar-refractivity contribution in [1.82, 2.24) is 0 Å². The summed E-state index contributed by atoms with van der Waals surface area (Å²) in [6, 6.07) is 4.61. The molecule has 0 saturated heterocycles. The molecule has 1 aliphatic rings. The van der Waals surface area contributed by atoms with Crippen LogP contribution in [0.5, 0.6) is 0 Å². The lowest BCUT2D eigenvalue weighted by molar-refractivity contribution is -0.148. The first kappa shape index (κ1) is 11.1. The second-order valence-corrected chi connectivity index (χ2v) is 4.50. The highest BCUT2D eigenvalue weighted by atomic mass is 35.5. The molecule has 0 amide bonds. The normalized spacial score (nSPS) is 25.4. The van der Waals surface area contributed by atoms with Crippen molar-refractivity contribution in [2.45, 2.75) is 18.5 Å². The zero-order chi connectivity index (χ0) is 11.2. The summed E-state index contributed by atoms with van der Waals surface area (Å²) in [5.41, 5.74) is 0.545. The van der Waals surface area contributed by atoms with Gasteiger partial charge in [0.1, 0.15) is 0 Å². The van der Waals surface area contributed by atoms with E-state index in [4.69, 9.17) is 23.2 Å². The average molecular weight is 255 g/mol. The molecule has 82 valence electrons. The van der Waals surface area contributed by atoms with Crippen molar-refractivity contribution < 1.29 is 13.2 Å². The van der Waals surface area contributed by atoms with Gasteiger partial charge in [-0.15, -0.1) is 0 Å². The van der Waals surface area contributed by atoms with E-state index in [9.17, 15) is 13.2 Å². The van der Waals surface area contributed by atoms with Crippen LogP contribution in [-0.2, 0) is 0 Å². The van der Waals surface area contributed by atoms with Gasteiger partial charge in [-0.2, -0.15) is 13.2 Å². The molecule has 1 aliphatic carbocycles. The summed E-state index contributed by atoms with van der Waals surface area (Å²) in [4.78, 5) is 0. The number of hydrogen-bond acceptors (Lipinski definition) is 0. The van der Waals surface area contributed by atoms with Gasteiger partial charge in [0.05, 0.1) is 5.92 Å². The maximum atomic E-state index is 12.3. The number of halogens is 5. The molecule has 0 radical (unpaired) electrons. The van der Waals surface area contributed by atoms with Gasteiger partial charge in [-0.3, -0.25) is 0 Å². The van der Waals surface area contributed by atoms with E-state index in [0.29, 0.717) is 15.6 Å². The first-order valence-electron chi connectivity index (χ1n) is 4.41. The minimum atomic E-state index is -4.12. The smallest absolute Gasteiger partial charge is 0.171 e. The minimum absolute atomic E-state index is 0.130. The first-order chi connectivity index (χ1) is 6.89. The predicted molar refractivity (Wildman–Crippen MR) is 53.4 cm³/mol. The summed E-state index contributed by atoms with van der Waals surface area (Å²) in [5, 5.41) is 0.757. The number of rotatable bonds is 1. The van der Waals surface area contributed by atoms with Gasteiger partial charge in [0.25, 0.3) is 0 Å². The maximum Gasteiger partial charge on any atom is 0.392 e. The van der Waals surface area contributed by atoms with Gasteiger partial charge in [0.15, 0.2) is 0 Å². The molecule has 2 rings (SSSR count). The van der Waals surface area contributed by atoms with Gasteiger partial charge in [0, 0.05) is 10.0 Å². The van der Waals surface area contributed by atoms with Crippen LogP contribution in [0.15, 0.2) is 18.2 Å². The molecular formula is C10H7Cl2F3. The number of alkyl halides is 3. The third-order valence-corrected chi connectivity index (χ3v) is 3.14. The van der Waals surface area contributed by atoms with Gasteiger partial charge >= 0.3 is 6.18 Å². The molecule has 0 bridgehead atoms. The molecule has 0 spiro atoms. The molecule has 1 aromatic carbocycles. The Morgan fingerprint density at radius 1 is 1.20 bits per heavy atom. The van der Waals surface area contributed by atoms with Crippen molar-refractivity contribution >= 4 is 23.2 Å². The molecule has 1 saturated carbocycles. The molecule has 0 aromatic heterocycles. The fourth-order valence-electron chi connectivity index (χ4n) is 1.70.